The van der Waals surface area contributed by atoms with Crippen molar-refractivity contribution in [3.05, 3.63) is 0 Å². The quantitative estimate of drug-likeness (QED) is 0.648. The molecule has 3 N–H and O–H groups in total. The topological polar surface area (TPSA) is 61.4 Å². The molecule has 0 aromatic carbocycles. The number of rotatable bonds is 4. The van der Waals surface area contributed by atoms with Gasteiger partial charge in [0.15, 0.2) is 0 Å². The van der Waals surface area contributed by atoms with E-state index in [0.717, 1.165) is 13.1 Å². The Hall–Kier alpha value is -0.610. The second kappa shape index (κ2) is 4.10. The van der Waals surface area contributed by atoms with Gasteiger partial charge >= 0.3 is 5.97 Å². The molecule has 4 heteroatoms. The first-order valence-electron chi connectivity index (χ1n) is 5.45. The maximum absolute atomic E-state index is 10.8. The average molecular weight is 214 g/mol. The summed E-state index contributed by atoms with van der Waals surface area (Å²) < 4.78 is 0. The van der Waals surface area contributed by atoms with Crippen LogP contribution in [0.5, 0.6) is 0 Å². The van der Waals surface area contributed by atoms with Crippen LogP contribution in [0.15, 0.2) is 0 Å². The molecule has 1 aliphatic heterocycles. The molecule has 0 saturated carbocycles. The lowest BCUT2D eigenvalue weighted by Gasteiger charge is -2.46. The van der Waals surface area contributed by atoms with E-state index in [9.17, 15) is 4.79 Å². The van der Waals surface area contributed by atoms with E-state index in [2.05, 4.69) is 38.3 Å². The van der Waals surface area contributed by atoms with E-state index in [1.165, 1.54) is 0 Å². The van der Waals surface area contributed by atoms with Gasteiger partial charge in [-0.15, -0.1) is 0 Å². The summed E-state index contributed by atoms with van der Waals surface area (Å²) in [5.74, 6) is -0.731. The van der Waals surface area contributed by atoms with Crippen LogP contribution in [0.1, 0.15) is 34.1 Å². The van der Waals surface area contributed by atoms with E-state index in [1.54, 1.807) is 0 Å². The van der Waals surface area contributed by atoms with Crippen LogP contribution in [0, 0.1) is 5.41 Å². The van der Waals surface area contributed by atoms with Gasteiger partial charge in [0.1, 0.15) is 0 Å². The number of aliphatic carboxylic acids is 1. The molecule has 1 atom stereocenters. The monoisotopic (exact) mass is 214 g/mol. The maximum atomic E-state index is 10.8. The van der Waals surface area contributed by atoms with Crippen molar-refractivity contribution in [2.45, 2.75) is 45.7 Å². The van der Waals surface area contributed by atoms with Crippen LogP contribution in [0.4, 0.5) is 0 Å². The predicted octanol–water partition coefficient (Wildman–Crippen LogP) is 0.827. The third-order valence-electron chi connectivity index (χ3n) is 3.24. The molecule has 0 aromatic heterocycles. The van der Waals surface area contributed by atoms with Crippen molar-refractivity contribution >= 4 is 5.97 Å². The standard InChI is InChI=1S/C11H22N2O2/c1-8(10(2,3)4)13-11(5-9(14)15)6-12-7-11/h8,12-13H,5-7H2,1-4H3,(H,14,15). The molecule has 0 radical (unpaired) electrons. The van der Waals surface area contributed by atoms with Crippen LogP contribution < -0.4 is 10.6 Å². The van der Waals surface area contributed by atoms with E-state index in [4.69, 9.17) is 5.11 Å². The van der Waals surface area contributed by atoms with E-state index in [1.807, 2.05) is 0 Å². The van der Waals surface area contributed by atoms with Gasteiger partial charge in [-0.25, -0.2) is 0 Å². The van der Waals surface area contributed by atoms with Crippen molar-refractivity contribution in [3.63, 3.8) is 0 Å². The highest BCUT2D eigenvalue weighted by molar-refractivity contribution is 5.68. The lowest BCUT2D eigenvalue weighted by molar-refractivity contribution is -0.139. The molecule has 1 heterocycles. The highest BCUT2D eigenvalue weighted by Crippen LogP contribution is 2.24. The van der Waals surface area contributed by atoms with Crippen LogP contribution in [0.3, 0.4) is 0 Å². The average Bonchev–Trinajstić information content (AvgIpc) is 1.97. The lowest BCUT2D eigenvalue weighted by Crippen LogP contribution is -2.71. The lowest BCUT2D eigenvalue weighted by atomic mass is 9.82. The molecule has 88 valence electrons. The van der Waals surface area contributed by atoms with Crippen LogP contribution in [-0.2, 0) is 4.79 Å². The summed E-state index contributed by atoms with van der Waals surface area (Å²) in [5.41, 5.74) is -0.0837. The Labute approximate surface area is 91.4 Å². The third kappa shape index (κ3) is 3.18. The molecule has 4 nitrogen and oxygen atoms in total. The Morgan fingerprint density at radius 3 is 2.33 bits per heavy atom. The fraction of sp³-hybridized carbons (Fsp3) is 0.909. The largest absolute Gasteiger partial charge is 0.481 e. The van der Waals surface area contributed by atoms with Gasteiger partial charge in [0.25, 0.3) is 0 Å². The summed E-state index contributed by atoms with van der Waals surface area (Å²) in [7, 11) is 0. The number of nitrogens with one attached hydrogen (secondary N) is 2. The molecule has 15 heavy (non-hydrogen) atoms. The third-order valence-corrected chi connectivity index (χ3v) is 3.24. The number of carboxylic acids is 1. The number of hydrogen-bond acceptors (Lipinski definition) is 3. The smallest absolute Gasteiger partial charge is 0.305 e. The van der Waals surface area contributed by atoms with E-state index < -0.39 is 5.97 Å². The molecule has 0 bridgehead atoms. The highest BCUT2D eigenvalue weighted by Gasteiger charge is 2.41. The van der Waals surface area contributed by atoms with Gasteiger partial charge in [-0.1, -0.05) is 20.8 Å². The van der Waals surface area contributed by atoms with Crippen LogP contribution >= 0.6 is 0 Å². The van der Waals surface area contributed by atoms with Gasteiger partial charge in [0, 0.05) is 19.1 Å². The summed E-state index contributed by atoms with van der Waals surface area (Å²) in [6.07, 6.45) is 0.195. The van der Waals surface area contributed by atoms with Crippen molar-refractivity contribution in [1.82, 2.24) is 10.6 Å². The van der Waals surface area contributed by atoms with Gasteiger partial charge in [-0.05, 0) is 12.3 Å². The minimum Gasteiger partial charge on any atom is -0.481 e. The molecular formula is C11H22N2O2. The fourth-order valence-electron chi connectivity index (χ4n) is 1.67. The second-order valence-corrected chi connectivity index (χ2v) is 5.69. The molecule has 0 spiro atoms. The fourth-order valence-corrected chi connectivity index (χ4v) is 1.67. The van der Waals surface area contributed by atoms with Crippen molar-refractivity contribution in [1.29, 1.82) is 0 Å². The number of carboxylic acid groups (broad SMARTS) is 1. The van der Waals surface area contributed by atoms with Crippen LogP contribution in [0.2, 0.25) is 0 Å². The minimum absolute atomic E-state index is 0.154. The Kier molecular flexibility index (Phi) is 3.41. The Balaban J connectivity index is 2.57. The van der Waals surface area contributed by atoms with Crippen molar-refractivity contribution in [2.75, 3.05) is 13.1 Å². The summed E-state index contributed by atoms with van der Waals surface area (Å²) in [5, 5.41) is 15.5. The van der Waals surface area contributed by atoms with Gasteiger partial charge in [0.2, 0.25) is 0 Å². The highest BCUT2D eigenvalue weighted by atomic mass is 16.4. The van der Waals surface area contributed by atoms with Gasteiger partial charge in [0.05, 0.1) is 12.0 Å². The van der Waals surface area contributed by atoms with E-state index in [-0.39, 0.29) is 17.4 Å². The molecule has 1 rings (SSSR count). The molecule has 1 unspecified atom stereocenters. The first-order chi connectivity index (χ1) is 6.75. The molecule has 0 aliphatic carbocycles. The SMILES string of the molecule is CC(NC1(CC(=O)O)CNC1)C(C)(C)C. The van der Waals surface area contributed by atoms with E-state index in [0.29, 0.717) is 6.04 Å². The first kappa shape index (κ1) is 12.5. The van der Waals surface area contributed by atoms with Gasteiger partial charge in [-0.2, -0.15) is 0 Å². The summed E-state index contributed by atoms with van der Waals surface area (Å²) in [6, 6.07) is 0.305. The Morgan fingerprint density at radius 1 is 1.53 bits per heavy atom. The normalized spacial score (nSPS) is 21.9. The molecule has 1 saturated heterocycles. The summed E-state index contributed by atoms with van der Waals surface area (Å²) >= 11 is 0. The van der Waals surface area contributed by atoms with Gasteiger partial charge < -0.3 is 15.7 Å². The molecular weight excluding hydrogens is 192 g/mol. The minimum atomic E-state index is -0.731. The number of hydrogen-bond donors (Lipinski definition) is 3. The first-order valence-corrected chi connectivity index (χ1v) is 5.45. The van der Waals surface area contributed by atoms with Crippen LogP contribution in [-0.4, -0.2) is 35.7 Å². The zero-order chi connectivity index (χ0) is 11.7. The molecule has 1 aliphatic rings. The Bertz CT molecular complexity index is 241. The summed E-state index contributed by atoms with van der Waals surface area (Å²) in [6.45, 7) is 10.1. The zero-order valence-electron chi connectivity index (χ0n) is 10.1. The van der Waals surface area contributed by atoms with Crippen molar-refractivity contribution < 1.29 is 9.90 Å². The number of carbonyl (C=O) groups is 1. The van der Waals surface area contributed by atoms with Crippen LogP contribution in [0.25, 0.3) is 0 Å². The zero-order valence-corrected chi connectivity index (χ0v) is 10.1. The van der Waals surface area contributed by atoms with Crippen molar-refractivity contribution in [2.24, 2.45) is 5.41 Å². The molecule has 0 amide bonds. The molecule has 0 aromatic rings. The van der Waals surface area contributed by atoms with E-state index >= 15 is 0 Å². The maximum Gasteiger partial charge on any atom is 0.305 e. The summed E-state index contributed by atoms with van der Waals surface area (Å²) in [4.78, 5) is 10.8. The Morgan fingerprint density at radius 2 is 2.07 bits per heavy atom. The van der Waals surface area contributed by atoms with Gasteiger partial charge in [-0.3, -0.25) is 4.79 Å². The van der Waals surface area contributed by atoms with Crippen molar-refractivity contribution in [3.8, 4) is 0 Å². The second-order valence-electron chi connectivity index (χ2n) is 5.69. The predicted molar refractivity (Wildman–Crippen MR) is 59.9 cm³/mol. The molecule has 1 fully saturated rings.